The molecule has 2 fully saturated rings. The largest absolute Gasteiger partial charge is 0.446 e. The maximum Gasteiger partial charge on any atom is 0.312 e. The van der Waals surface area contributed by atoms with Gasteiger partial charge in [-0.3, -0.25) is 10.1 Å². The normalized spacial score (nSPS) is 29.0. The van der Waals surface area contributed by atoms with Crippen LogP contribution in [-0.2, 0) is 9.53 Å². The first-order valence-electron chi connectivity index (χ1n) is 8.47. The van der Waals surface area contributed by atoms with Crippen LogP contribution in [0.1, 0.15) is 53.9 Å². The van der Waals surface area contributed by atoms with E-state index in [-0.39, 0.29) is 12.2 Å². The number of rotatable bonds is 3. The summed E-state index contributed by atoms with van der Waals surface area (Å²) in [7, 11) is 0. The van der Waals surface area contributed by atoms with Crippen LogP contribution in [0.2, 0.25) is 0 Å². The monoisotopic (exact) mass is 296 g/mol. The lowest BCUT2D eigenvalue weighted by atomic mass is 9.82. The topological polar surface area (TPSA) is 41.6 Å². The van der Waals surface area contributed by atoms with Crippen LogP contribution in [0.5, 0.6) is 0 Å². The summed E-state index contributed by atoms with van der Waals surface area (Å²) in [4.78, 5) is 14.7. The minimum Gasteiger partial charge on any atom is -0.446 e. The molecule has 2 aliphatic heterocycles. The van der Waals surface area contributed by atoms with Gasteiger partial charge in [0.25, 0.3) is 0 Å². The van der Waals surface area contributed by atoms with Crippen molar-refractivity contribution in [1.29, 1.82) is 0 Å². The van der Waals surface area contributed by atoms with Gasteiger partial charge in [-0.2, -0.15) is 0 Å². The molecule has 0 amide bonds. The second-order valence-electron chi connectivity index (χ2n) is 7.95. The van der Waals surface area contributed by atoms with E-state index >= 15 is 0 Å². The van der Waals surface area contributed by atoms with Crippen molar-refractivity contribution in [2.75, 3.05) is 19.6 Å². The average Bonchev–Trinajstić information content (AvgIpc) is 2.86. The first kappa shape index (κ1) is 16.8. The fraction of sp³-hybridized carbons (Fsp3) is 0.941. The third-order valence-electron chi connectivity index (χ3n) is 4.97. The first-order valence-corrected chi connectivity index (χ1v) is 8.47. The summed E-state index contributed by atoms with van der Waals surface area (Å²) in [6.07, 6.45) is 3.52. The van der Waals surface area contributed by atoms with Crippen LogP contribution in [0.4, 0.5) is 0 Å². The first-order chi connectivity index (χ1) is 9.79. The number of ether oxygens (including phenoxy) is 1. The van der Waals surface area contributed by atoms with Crippen molar-refractivity contribution in [3.05, 3.63) is 0 Å². The molecule has 0 spiro atoms. The van der Waals surface area contributed by atoms with Crippen molar-refractivity contribution in [2.24, 2.45) is 17.3 Å². The molecule has 2 saturated heterocycles. The van der Waals surface area contributed by atoms with E-state index in [0.29, 0.717) is 17.9 Å². The highest BCUT2D eigenvalue weighted by Gasteiger charge is 2.39. The molecule has 4 nitrogen and oxygen atoms in total. The van der Waals surface area contributed by atoms with E-state index in [9.17, 15) is 4.79 Å². The maximum atomic E-state index is 12.1. The van der Waals surface area contributed by atoms with Gasteiger partial charge in [0.1, 0.15) is 0 Å². The molecular weight excluding hydrogens is 264 g/mol. The van der Waals surface area contributed by atoms with E-state index in [1.54, 1.807) is 0 Å². The van der Waals surface area contributed by atoms with Crippen LogP contribution in [-0.4, -0.2) is 42.8 Å². The van der Waals surface area contributed by atoms with Gasteiger partial charge in [-0.1, -0.05) is 0 Å². The van der Waals surface area contributed by atoms with Crippen molar-refractivity contribution in [3.8, 4) is 0 Å². The van der Waals surface area contributed by atoms with E-state index in [1.807, 2.05) is 20.8 Å². The van der Waals surface area contributed by atoms with Crippen LogP contribution in [0.3, 0.4) is 0 Å². The molecule has 0 aromatic rings. The van der Waals surface area contributed by atoms with E-state index in [4.69, 9.17) is 4.74 Å². The minimum absolute atomic E-state index is 0.0766. The van der Waals surface area contributed by atoms with Gasteiger partial charge in [0.05, 0.1) is 5.41 Å². The standard InChI is InChI=1S/C17H32N2O2/c1-12(2)19-10-7-13(8-11-19)14-6-9-18-15(14)21-16(20)17(3,4)5/h12-15,18H,6-11H2,1-5H3. The number of hydrogen-bond acceptors (Lipinski definition) is 4. The Bertz CT molecular complexity index is 354. The van der Waals surface area contributed by atoms with E-state index < -0.39 is 5.41 Å². The molecule has 0 radical (unpaired) electrons. The molecule has 0 aliphatic carbocycles. The van der Waals surface area contributed by atoms with Crippen molar-refractivity contribution in [2.45, 2.75) is 66.2 Å². The summed E-state index contributed by atoms with van der Waals surface area (Å²) >= 11 is 0. The van der Waals surface area contributed by atoms with Crippen molar-refractivity contribution < 1.29 is 9.53 Å². The molecule has 4 heteroatoms. The average molecular weight is 296 g/mol. The molecule has 0 aromatic carbocycles. The quantitative estimate of drug-likeness (QED) is 0.813. The third-order valence-corrected chi connectivity index (χ3v) is 4.97. The molecule has 21 heavy (non-hydrogen) atoms. The zero-order valence-corrected chi connectivity index (χ0v) is 14.3. The lowest BCUT2D eigenvalue weighted by molar-refractivity contribution is -0.163. The zero-order valence-electron chi connectivity index (χ0n) is 14.3. The number of esters is 1. The van der Waals surface area contributed by atoms with Crippen molar-refractivity contribution in [1.82, 2.24) is 10.2 Å². The molecule has 0 bridgehead atoms. The molecule has 2 aliphatic rings. The molecule has 2 atom stereocenters. The summed E-state index contributed by atoms with van der Waals surface area (Å²) in [6.45, 7) is 13.6. The zero-order chi connectivity index (χ0) is 15.6. The fourth-order valence-corrected chi connectivity index (χ4v) is 3.46. The predicted molar refractivity (Wildman–Crippen MR) is 84.9 cm³/mol. The van der Waals surface area contributed by atoms with E-state index in [0.717, 1.165) is 13.0 Å². The Kier molecular flexibility index (Phi) is 5.31. The number of nitrogens with zero attached hydrogens (tertiary/aromatic N) is 1. The van der Waals surface area contributed by atoms with Gasteiger partial charge >= 0.3 is 5.97 Å². The number of likely N-dealkylation sites (tertiary alicyclic amines) is 1. The van der Waals surface area contributed by atoms with Gasteiger partial charge in [-0.25, -0.2) is 0 Å². The highest BCUT2D eigenvalue weighted by Crippen LogP contribution is 2.34. The number of hydrogen-bond donors (Lipinski definition) is 1. The van der Waals surface area contributed by atoms with Gasteiger partial charge < -0.3 is 9.64 Å². The Morgan fingerprint density at radius 1 is 1.19 bits per heavy atom. The lowest BCUT2D eigenvalue weighted by Gasteiger charge is -2.38. The van der Waals surface area contributed by atoms with Crippen LogP contribution < -0.4 is 5.32 Å². The molecule has 2 unspecified atom stereocenters. The number of nitrogens with one attached hydrogen (secondary N) is 1. The van der Waals surface area contributed by atoms with Gasteiger partial charge in [-0.15, -0.1) is 0 Å². The fourth-order valence-electron chi connectivity index (χ4n) is 3.46. The Morgan fingerprint density at radius 2 is 1.81 bits per heavy atom. The summed E-state index contributed by atoms with van der Waals surface area (Å²) in [5.74, 6) is 1.09. The van der Waals surface area contributed by atoms with Gasteiger partial charge in [0.2, 0.25) is 0 Å². The third kappa shape index (κ3) is 4.19. The van der Waals surface area contributed by atoms with Crippen LogP contribution in [0.15, 0.2) is 0 Å². The van der Waals surface area contributed by atoms with E-state index in [1.165, 1.54) is 25.9 Å². The summed E-state index contributed by atoms with van der Waals surface area (Å²) < 4.78 is 5.75. The SMILES string of the molecule is CC(C)N1CCC(C2CCNC2OC(=O)C(C)(C)C)CC1. The molecule has 122 valence electrons. The number of carbonyl (C=O) groups excluding carboxylic acids is 1. The second kappa shape index (κ2) is 6.66. The molecule has 1 N–H and O–H groups in total. The molecule has 2 heterocycles. The summed E-state index contributed by atoms with van der Waals surface area (Å²) in [5, 5.41) is 3.38. The second-order valence-corrected chi connectivity index (χ2v) is 7.95. The molecule has 0 saturated carbocycles. The van der Waals surface area contributed by atoms with Crippen LogP contribution >= 0.6 is 0 Å². The Balaban J connectivity index is 1.89. The Labute approximate surface area is 129 Å². The number of piperidine rings is 1. The van der Waals surface area contributed by atoms with Crippen molar-refractivity contribution >= 4 is 5.97 Å². The highest BCUT2D eigenvalue weighted by molar-refractivity contribution is 5.75. The Hall–Kier alpha value is -0.610. The molecule has 0 aromatic heterocycles. The predicted octanol–water partition coefficient (Wildman–Crippen LogP) is 2.63. The molecule has 2 rings (SSSR count). The smallest absolute Gasteiger partial charge is 0.312 e. The molecular formula is C17H32N2O2. The van der Waals surface area contributed by atoms with Crippen LogP contribution in [0, 0.1) is 17.3 Å². The van der Waals surface area contributed by atoms with Crippen LogP contribution in [0.25, 0.3) is 0 Å². The number of carbonyl (C=O) groups is 1. The van der Waals surface area contributed by atoms with E-state index in [2.05, 4.69) is 24.1 Å². The maximum absolute atomic E-state index is 12.1. The minimum atomic E-state index is -0.421. The lowest BCUT2D eigenvalue weighted by Crippen LogP contribution is -2.44. The highest BCUT2D eigenvalue weighted by atomic mass is 16.6. The van der Waals surface area contributed by atoms with Gasteiger partial charge in [0.15, 0.2) is 6.23 Å². The van der Waals surface area contributed by atoms with Gasteiger partial charge in [-0.05, 0) is 79.4 Å². The summed E-state index contributed by atoms with van der Waals surface area (Å²) in [6, 6.07) is 0.641. The van der Waals surface area contributed by atoms with Crippen molar-refractivity contribution in [3.63, 3.8) is 0 Å². The Morgan fingerprint density at radius 3 is 2.33 bits per heavy atom. The van der Waals surface area contributed by atoms with Gasteiger partial charge in [0, 0.05) is 12.0 Å². The summed E-state index contributed by atoms with van der Waals surface area (Å²) in [5.41, 5.74) is -0.421.